The molecule has 3 amide bonds. The van der Waals surface area contributed by atoms with Crippen molar-refractivity contribution in [2.45, 2.75) is 37.8 Å². The van der Waals surface area contributed by atoms with Gasteiger partial charge in [0.2, 0.25) is 11.8 Å². The van der Waals surface area contributed by atoms with E-state index < -0.39 is 11.9 Å². The number of benzene rings is 2. The fourth-order valence-corrected chi connectivity index (χ4v) is 5.09. The summed E-state index contributed by atoms with van der Waals surface area (Å²) in [6.07, 6.45) is 3.81. The first-order valence-electron chi connectivity index (χ1n) is 11.8. The molecule has 0 bridgehead atoms. The van der Waals surface area contributed by atoms with E-state index in [0.717, 1.165) is 38.8 Å². The van der Waals surface area contributed by atoms with Crippen LogP contribution in [-0.2, 0) is 9.59 Å². The molecule has 7 heteroatoms. The summed E-state index contributed by atoms with van der Waals surface area (Å²) in [4.78, 5) is 42.4. The lowest BCUT2D eigenvalue weighted by Crippen LogP contribution is -2.56. The van der Waals surface area contributed by atoms with Crippen LogP contribution in [0.4, 0.5) is 0 Å². The summed E-state index contributed by atoms with van der Waals surface area (Å²) in [5, 5.41) is 2.92. The highest BCUT2D eigenvalue weighted by molar-refractivity contribution is 5.94. The first kappa shape index (κ1) is 23.0. The topological polar surface area (TPSA) is 95.7 Å². The van der Waals surface area contributed by atoms with Crippen molar-refractivity contribution in [2.75, 3.05) is 26.2 Å². The standard InChI is InChI=1S/C26H32N4O3/c27-24(31)23(19-9-3-1-4-10-19)28-25(32)21-13-7-8-14-22(21)29-15-17-30(18-16-29)26(33)20-11-5-2-6-12-20/h1-6,9-12,21-23H,7-8,13-18H2,(H2,27,31)(H,28,32)/t21-,22-,23+/m1/s1. The zero-order chi connectivity index (χ0) is 23.2. The molecule has 33 heavy (non-hydrogen) atoms. The molecule has 2 aliphatic rings. The molecule has 0 aromatic heterocycles. The highest BCUT2D eigenvalue weighted by Crippen LogP contribution is 2.30. The van der Waals surface area contributed by atoms with Gasteiger partial charge in [-0.3, -0.25) is 19.3 Å². The lowest BCUT2D eigenvalue weighted by atomic mass is 9.82. The minimum absolute atomic E-state index is 0.0559. The van der Waals surface area contributed by atoms with Crippen molar-refractivity contribution in [1.82, 2.24) is 15.1 Å². The van der Waals surface area contributed by atoms with Gasteiger partial charge in [0, 0.05) is 37.8 Å². The van der Waals surface area contributed by atoms with E-state index in [-0.39, 0.29) is 23.8 Å². The molecule has 7 nitrogen and oxygen atoms in total. The molecule has 2 aromatic rings. The van der Waals surface area contributed by atoms with Gasteiger partial charge in [-0.2, -0.15) is 0 Å². The Labute approximate surface area is 194 Å². The molecule has 4 rings (SSSR count). The number of carbonyl (C=O) groups is 3. The third-order valence-corrected chi connectivity index (χ3v) is 6.86. The molecule has 0 spiro atoms. The zero-order valence-electron chi connectivity index (χ0n) is 18.9. The molecule has 0 radical (unpaired) electrons. The summed E-state index contributed by atoms with van der Waals surface area (Å²) in [5.74, 6) is -0.814. The fraction of sp³-hybridized carbons (Fsp3) is 0.423. The van der Waals surface area contributed by atoms with Gasteiger partial charge >= 0.3 is 0 Å². The fourth-order valence-electron chi connectivity index (χ4n) is 5.09. The quantitative estimate of drug-likeness (QED) is 0.709. The van der Waals surface area contributed by atoms with Crippen LogP contribution in [0.1, 0.15) is 47.6 Å². The Bertz CT molecular complexity index is 958. The van der Waals surface area contributed by atoms with Gasteiger partial charge in [-0.15, -0.1) is 0 Å². The monoisotopic (exact) mass is 448 g/mol. The summed E-state index contributed by atoms with van der Waals surface area (Å²) in [6, 6.07) is 17.8. The second-order valence-electron chi connectivity index (χ2n) is 8.91. The first-order chi connectivity index (χ1) is 16.0. The van der Waals surface area contributed by atoms with Crippen LogP contribution >= 0.6 is 0 Å². The van der Waals surface area contributed by atoms with Gasteiger partial charge in [0.05, 0.1) is 5.92 Å². The second-order valence-corrected chi connectivity index (χ2v) is 8.91. The van der Waals surface area contributed by atoms with Crippen molar-refractivity contribution in [1.29, 1.82) is 0 Å². The molecule has 2 aromatic carbocycles. The maximum absolute atomic E-state index is 13.3. The third-order valence-electron chi connectivity index (χ3n) is 6.86. The van der Waals surface area contributed by atoms with Gasteiger partial charge in [0.15, 0.2) is 0 Å². The predicted octanol–water partition coefficient (Wildman–Crippen LogP) is 2.35. The Kier molecular flexibility index (Phi) is 7.40. The average Bonchev–Trinajstić information content (AvgIpc) is 2.87. The van der Waals surface area contributed by atoms with Gasteiger partial charge in [-0.05, 0) is 30.5 Å². The SMILES string of the molecule is NC(=O)[C@@H](NC(=O)[C@@H]1CCCC[C@H]1N1CCN(C(=O)c2ccccc2)CC1)c1ccccc1. The van der Waals surface area contributed by atoms with Crippen molar-refractivity contribution in [2.24, 2.45) is 11.7 Å². The minimum atomic E-state index is -0.832. The van der Waals surface area contributed by atoms with E-state index in [2.05, 4.69) is 10.2 Å². The summed E-state index contributed by atoms with van der Waals surface area (Å²) in [5.41, 5.74) is 7.02. The summed E-state index contributed by atoms with van der Waals surface area (Å²) in [7, 11) is 0. The van der Waals surface area contributed by atoms with E-state index in [0.29, 0.717) is 24.2 Å². The van der Waals surface area contributed by atoms with Crippen molar-refractivity contribution >= 4 is 17.7 Å². The van der Waals surface area contributed by atoms with Crippen LogP contribution in [0.15, 0.2) is 60.7 Å². The van der Waals surface area contributed by atoms with E-state index >= 15 is 0 Å². The molecular weight excluding hydrogens is 416 g/mol. The Balaban J connectivity index is 1.40. The number of carbonyl (C=O) groups excluding carboxylic acids is 3. The Morgan fingerprint density at radius 1 is 0.848 bits per heavy atom. The number of primary amides is 1. The Morgan fingerprint density at radius 3 is 2.09 bits per heavy atom. The molecule has 1 saturated carbocycles. The van der Waals surface area contributed by atoms with Crippen LogP contribution < -0.4 is 11.1 Å². The lowest BCUT2D eigenvalue weighted by Gasteiger charge is -2.44. The van der Waals surface area contributed by atoms with Crippen LogP contribution in [0, 0.1) is 5.92 Å². The first-order valence-corrected chi connectivity index (χ1v) is 11.8. The van der Waals surface area contributed by atoms with E-state index in [1.165, 1.54) is 0 Å². The van der Waals surface area contributed by atoms with Crippen molar-refractivity contribution in [3.8, 4) is 0 Å². The maximum atomic E-state index is 13.3. The molecule has 1 aliphatic carbocycles. The van der Waals surface area contributed by atoms with Crippen LogP contribution in [0.2, 0.25) is 0 Å². The van der Waals surface area contributed by atoms with E-state index in [4.69, 9.17) is 5.73 Å². The largest absolute Gasteiger partial charge is 0.368 e. The number of nitrogens with one attached hydrogen (secondary N) is 1. The third kappa shape index (κ3) is 5.42. The van der Waals surface area contributed by atoms with Crippen LogP contribution in [0.3, 0.4) is 0 Å². The van der Waals surface area contributed by atoms with Gasteiger partial charge in [0.1, 0.15) is 6.04 Å². The molecule has 1 heterocycles. The van der Waals surface area contributed by atoms with Gasteiger partial charge in [0.25, 0.3) is 5.91 Å². The number of amides is 3. The highest BCUT2D eigenvalue weighted by Gasteiger charge is 2.38. The lowest BCUT2D eigenvalue weighted by molar-refractivity contribution is -0.133. The van der Waals surface area contributed by atoms with Crippen molar-refractivity contribution in [3.05, 3.63) is 71.8 Å². The smallest absolute Gasteiger partial charge is 0.253 e. The van der Waals surface area contributed by atoms with Gasteiger partial charge < -0.3 is 16.0 Å². The molecule has 0 unspecified atom stereocenters. The van der Waals surface area contributed by atoms with Crippen LogP contribution in [0.5, 0.6) is 0 Å². The zero-order valence-corrected chi connectivity index (χ0v) is 18.9. The summed E-state index contributed by atoms with van der Waals surface area (Å²) < 4.78 is 0. The molecule has 3 N–H and O–H groups in total. The molecular formula is C26H32N4O3. The van der Waals surface area contributed by atoms with Crippen LogP contribution in [-0.4, -0.2) is 59.7 Å². The molecule has 2 fully saturated rings. The number of hydrogen-bond acceptors (Lipinski definition) is 4. The summed E-state index contributed by atoms with van der Waals surface area (Å²) in [6.45, 7) is 2.77. The second kappa shape index (κ2) is 10.6. The highest BCUT2D eigenvalue weighted by atomic mass is 16.2. The molecule has 1 aliphatic heterocycles. The van der Waals surface area contributed by atoms with Crippen molar-refractivity contribution < 1.29 is 14.4 Å². The van der Waals surface area contributed by atoms with Gasteiger partial charge in [-0.1, -0.05) is 61.4 Å². The number of nitrogens with two attached hydrogens (primary N) is 1. The maximum Gasteiger partial charge on any atom is 0.253 e. The van der Waals surface area contributed by atoms with E-state index in [9.17, 15) is 14.4 Å². The Hall–Kier alpha value is -3.19. The number of nitrogens with zero attached hydrogens (tertiary/aromatic N) is 2. The average molecular weight is 449 g/mol. The van der Waals surface area contributed by atoms with E-state index in [1.807, 2.05) is 53.4 Å². The predicted molar refractivity (Wildman–Crippen MR) is 126 cm³/mol. The number of piperazine rings is 1. The minimum Gasteiger partial charge on any atom is -0.368 e. The van der Waals surface area contributed by atoms with Crippen molar-refractivity contribution in [3.63, 3.8) is 0 Å². The molecule has 3 atom stereocenters. The van der Waals surface area contributed by atoms with E-state index in [1.54, 1.807) is 12.1 Å². The normalized spacial score (nSPS) is 22.4. The summed E-state index contributed by atoms with van der Waals surface area (Å²) >= 11 is 0. The number of hydrogen-bond donors (Lipinski definition) is 2. The van der Waals surface area contributed by atoms with Crippen LogP contribution in [0.25, 0.3) is 0 Å². The molecule has 1 saturated heterocycles. The molecule has 174 valence electrons. The van der Waals surface area contributed by atoms with Gasteiger partial charge in [-0.25, -0.2) is 0 Å². The Morgan fingerprint density at radius 2 is 1.45 bits per heavy atom. The number of rotatable bonds is 6.